The normalized spacial score (nSPS) is 12.9. The summed E-state index contributed by atoms with van der Waals surface area (Å²) in [6, 6.07) is 11.5. The molecule has 2 aromatic rings. The molecule has 0 fully saturated rings. The second-order valence-electron chi connectivity index (χ2n) is 4.10. The van der Waals surface area contributed by atoms with Gasteiger partial charge in [-0.15, -0.1) is 0 Å². The number of halogens is 1. The largest absolute Gasteiger partial charge is 0.308 e. The molecule has 16 heavy (non-hydrogen) atoms. The molecule has 1 heterocycles. The van der Waals surface area contributed by atoms with E-state index in [4.69, 9.17) is 0 Å². The summed E-state index contributed by atoms with van der Waals surface area (Å²) in [6.07, 6.45) is 0. The average Bonchev–Trinajstić information content (AvgIpc) is 2.32. The molecule has 0 aliphatic rings. The van der Waals surface area contributed by atoms with Gasteiger partial charge in [-0.2, -0.15) is 0 Å². The summed E-state index contributed by atoms with van der Waals surface area (Å²) in [5, 5.41) is 2.02. The van der Waals surface area contributed by atoms with Crippen molar-refractivity contribution in [1.82, 2.24) is 4.57 Å². The minimum absolute atomic E-state index is 0.0755. The van der Waals surface area contributed by atoms with E-state index < -0.39 is 0 Å². The maximum Gasteiger partial charge on any atom is 0.251 e. The number of hydrogen-bond donors (Lipinski definition) is 0. The molecule has 1 atom stereocenters. The standard InChI is InChI=1S/C13H14BrNO/c1-10(8-14)9-15-12-5-3-2-4-11(12)6-7-13(15)16/h2-7,10H,8-9H2,1H3. The predicted molar refractivity (Wildman–Crippen MR) is 71.2 cm³/mol. The molecule has 0 radical (unpaired) electrons. The van der Waals surface area contributed by atoms with E-state index in [0.717, 1.165) is 22.8 Å². The van der Waals surface area contributed by atoms with Crippen LogP contribution < -0.4 is 5.56 Å². The number of benzene rings is 1. The molecular weight excluding hydrogens is 266 g/mol. The van der Waals surface area contributed by atoms with Crippen LogP contribution in [0, 0.1) is 5.92 Å². The van der Waals surface area contributed by atoms with E-state index in [1.165, 1.54) is 0 Å². The average molecular weight is 280 g/mol. The van der Waals surface area contributed by atoms with Crippen molar-refractivity contribution in [3.8, 4) is 0 Å². The molecule has 0 saturated heterocycles. The van der Waals surface area contributed by atoms with Crippen LogP contribution in [0.4, 0.5) is 0 Å². The first kappa shape index (κ1) is 11.4. The molecule has 0 spiro atoms. The molecule has 0 N–H and O–H groups in total. The monoisotopic (exact) mass is 279 g/mol. The van der Waals surface area contributed by atoms with Crippen LogP contribution in [0.1, 0.15) is 6.92 Å². The van der Waals surface area contributed by atoms with Gasteiger partial charge >= 0.3 is 0 Å². The number of pyridine rings is 1. The van der Waals surface area contributed by atoms with Crippen molar-refractivity contribution >= 4 is 26.8 Å². The third-order valence-corrected chi connectivity index (χ3v) is 3.76. The number of alkyl halides is 1. The number of hydrogen-bond acceptors (Lipinski definition) is 1. The van der Waals surface area contributed by atoms with Gasteiger partial charge in [-0.3, -0.25) is 4.79 Å². The fourth-order valence-corrected chi connectivity index (χ4v) is 2.00. The molecule has 0 aliphatic heterocycles. The molecule has 0 amide bonds. The molecule has 2 nitrogen and oxygen atoms in total. The first-order valence-corrected chi connectivity index (χ1v) is 6.49. The lowest BCUT2D eigenvalue weighted by Gasteiger charge is -2.13. The molecule has 1 aromatic heterocycles. The highest BCUT2D eigenvalue weighted by molar-refractivity contribution is 9.09. The van der Waals surface area contributed by atoms with Gasteiger partial charge in [0.1, 0.15) is 0 Å². The topological polar surface area (TPSA) is 22.0 Å². The fraction of sp³-hybridized carbons (Fsp3) is 0.308. The van der Waals surface area contributed by atoms with Crippen molar-refractivity contribution in [3.05, 3.63) is 46.8 Å². The Morgan fingerprint density at radius 2 is 2.00 bits per heavy atom. The Kier molecular flexibility index (Phi) is 3.44. The number of rotatable bonds is 3. The highest BCUT2D eigenvalue weighted by Crippen LogP contribution is 2.13. The summed E-state index contributed by atoms with van der Waals surface area (Å²) in [5.41, 5.74) is 1.09. The number of nitrogens with zero attached hydrogens (tertiary/aromatic N) is 1. The van der Waals surface area contributed by atoms with Crippen LogP contribution in [0.3, 0.4) is 0 Å². The molecule has 84 valence electrons. The Balaban J connectivity index is 2.57. The Hall–Kier alpha value is -1.09. The van der Waals surface area contributed by atoms with Crippen LogP contribution >= 0.6 is 15.9 Å². The van der Waals surface area contributed by atoms with E-state index in [9.17, 15) is 4.79 Å². The molecule has 1 unspecified atom stereocenters. The van der Waals surface area contributed by atoms with Gasteiger partial charge in [-0.25, -0.2) is 0 Å². The second kappa shape index (κ2) is 4.83. The molecular formula is C13H14BrNO. The predicted octanol–water partition coefficient (Wildman–Crippen LogP) is 3.03. The van der Waals surface area contributed by atoms with E-state index in [0.29, 0.717) is 5.92 Å². The van der Waals surface area contributed by atoms with Crippen LogP contribution in [0.5, 0.6) is 0 Å². The van der Waals surface area contributed by atoms with E-state index in [2.05, 4.69) is 22.9 Å². The molecule has 0 saturated carbocycles. The first-order valence-electron chi connectivity index (χ1n) is 5.37. The fourth-order valence-electron chi connectivity index (χ4n) is 1.79. The van der Waals surface area contributed by atoms with Crippen molar-refractivity contribution in [2.45, 2.75) is 13.5 Å². The summed E-state index contributed by atoms with van der Waals surface area (Å²) in [6.45, 7) is 2.88. The van der Waals surface area contributed by atoms with Gasteiger partial charge in [0.25, 0.3) is 5.56 Å². The number of para-hydroxylation sites is 1. The lowest BCUT2D eigenvalue weighted by molar-refractivity contribution is 0.534. The van der Waals surface area contributed by atoms with Gasteiger partial charge in [-0.05, 0) is 23.4 Å². The molecule has 3 heteroatoms. The lowest BCUT2D eigenvalue weighted by atomic mass is 10.2. The van der Waals surface area contributed by atoms with Gasteiger partial charge in [0.15, 0.2) is 0 Å². The SMILES string of the molecule is CC(CBr)Cn1c(=O)ccc2ccccc21. The van der Waals surface area contributed by atoms with Crippen LogP contribution in [0.2, 0.25) is 0 Å². The third kappa shape index (κ3) is 2.19. The van der Waals surface area contributed by atoms with Crippen molar-refractivity contribution < 1.29 is 0 Å². The minimum Gasteiger partial charge on any atom is -0.308 e. The van der Waals surface area contributed by atoms with Crippen molar-refractivity contribution in [2.75, 3.05) is 5.33 Å². The summed E-state index contributed by atoms with van der Waals surface area (Å²) in [5.74, 6) is 0.448. The zero-order valence-electron chi connectivity index (χ0n) is 9.19. The Morgan fingerprint density at radius 1 is 1.25 bits per heavy atom. The smallest absolute Gasteiger partial charge is 0.251 e. The Labute approximate surface area is 103 Å². The Morgan fingerprint density at radius 3 is 2.75 bits per heavy atom. The van der Waals surface area contributed by atoms with Gasteiger partial charge in [-0.1, -0.05) is 41.1 Å². The maximum absolute atomic E-state index is 11.8. The van der Waals surface area contributed by atoms with E-state index in [1.807, 2.05) is 34.9 Å². The molecule has 2 rings (SSSR count). The Bertz CT molecular complexity index is 547. The molecule has 0 bridgehead atoms. The minimum atomic E-state index is 0.0755. The summed E-state index contributed by atoms with van der Waals surface area (Å²) in [7, 11) is 0. The van der Waals surface area contributed by atoms with E-state index in [1.54, 1.807) is 6.07 Å². The van der Waals surface area contributed by atoms with Crippen LogP contribution in [-0.4, -0.2) is 9.90 Å². The summed E-state index contributed by atoms with van der Waals surface area (Å²) < 4.78 is 1.85. The number of aromatic nitrogens is 1. The summed E-state index contributed by atoms with van der Waals surface area (Å²) >= 11 is 3.45. The third-order valence-electron chi connectivity index (χ3n) is 2.66. The zero-order valence-corrected chi connectivity index (χ0v) is 10.8. The first-order chi connectivity index (χ1) is 7.72. The van der Waals surface area contributed by atoms with Crippen molar-refractivity contribution in [3.63, 3.8) is 0 Å². The van der Waals surface area contributed by atoms with Gasteiger partial charge in [0.05, 0.1) is 5.52 Å². The van der Waals surface area contributed by atoms with Crippen molar-refractivity contribution in [2.24, 2.45) is 5.92 Å². The lowest BCUT2D eigenvalue weighted by Crippen LogP contribution is -2.23. The van der Waals surface area contributed by atoms with Crippen LogP contribution in [-0.2, 0) is 6.54 Å². The second-order valence-corrected chi connectivity index (χ2v) is 4.75. The quantitative estimate of drug-likeness (QED) is 0.792. The van der Waals surface area contributed by atoms with E-state index in [-0.39, 0.29) is 5.56 Å². The van der Waals surface area contributed by atoms with Crippen LogP contribution in [0.15, 0.2) is 41.2 Å². The van der Waals surface area contributed by atoms with Crippen LogP contribution in [0.25, 0.3) is 10.9 Å². The van der Waals surface area contributed by atoms with Gasteiger partial charge in [0, 0.05) is 17.9 Å². The highest BCUT2D eigenvalue weighted by atomic mass is 79.9. The maximum atomic E-state index is 11.8. The molecule has 1 aromatic carbocycles. The molecule has 0 aliphatic carbocycles. The van der Waals surface area contributed by atoms with Gasteiger partial charge < -0.3 is 4.57 Å². The number of fused-ring (bicyclic) bond motifs is 1. The highest BCUT2D eigenvalue weighted by Gasteiger charge is 2.06. The van der Waals surface area contributed by atoms with Crippen molar-refractivity contribution in [1.29, 1.82) is 0 Å². The summed E-state index contributed by atoms with van der Waals surface area (Å²) in [4.78, 5) is 11.8. The van der Waals surface area contributed by atoms with E-state index >= 15 is 0 Å². The zero-order chi connectivity index (χ0) is 11.5. The van der Waals surface area contributed by atoms with Gasteiger partial charge in [0.2, 0.25) is 0 Å².